The zero-order valence-electron chi connectivity index (χ0n) is 18.5. The van der Waals surface area contributed by atoms with Crippen LogP contribution in [0.2, 0.25) is 0 Å². The molecular weight excluding hydrogens is 404 g/mol. The van der Waals surface area contributed by atoms with Crippen LogP contribution in [0, 0.1) is 5.92 Å². The summed E-state index contributed by atoms with van der Waals surface area (Å²) in [6.45, 7) is 3.93. The molecule has 0 saturated carbocycles. The van der Waals surface area contributed by atoms with Gasteiger partial charge in [0, 0.05) is 29.5 Å². The highest BCUT2D eigenvalue weighted by Crippen LogP contribution is 2.28. The number of carbonyl (C=O) groups excluding carboxylic acids is 1. The fraction of sp³-hybridized carbons (Fsp3) is 0.400. The van der Waals surface area contributed by atoms with Gasteiger partial charge in [0.05, 0.1) is 5.71 Å². The summed E-state index contributed by atoms with van der Waals surface area (Å²) in [5, 5.41) is 4.30. The second kappa shape index (κ2) is 8.74. The Morgan fingerprint density at radius 2 is 2.00 bits per heavy atom. The summed E-state index contributed by atoms with van der Waals surface area (Å²) in [5.74, 6) is 1.51. The summed E-state index contributed by atoms with van der Waals surface area (Å²) < 4.78 is 12.1. The lowest BCUT2D eigenvalue weighted by Crippen LogP contribution is -2.33. The van der Waals surface area contributed by atoms with Gasteiger partial charge in [-0.1, -0.05) is 13.0 Å². The van der Waals surface area contributed by atoms with Gasteiger partial charge in [-0.15, -0.1) is 0 Å². The minimum Gasteiger partial charge on any atom is -0.492 e. The molecule has 166 valence electrons. The SMILES string of the molecule is CCC1CC(=O)NN=C1c1ccc2nc(-c3ccc(OCC4CCCN4C)cc3)oc2c1. The Morgan fingerprint density at radius 3 is 2.75 bits per heavy atom. The Hall–Kier alpha value is -3.19. The third-order valence-electron chi connectivity index (χ3n) is 6.51. The molecule has 1 saturated heterocycles. The van der Waals surface area contributed by atoms with Crippen molar-refractivity contribution in [1.29, 1.82) is 0 Å². The number of likely N-dealkylation sites (N-methyl/N-ethyl adjacent to an activating group) is 1. The third kappa shape index (κ3) is 4.12. The van der Waals surface area contributed by atoms with Gasteiger partial charge in [0.25, 0.3) is 0 Å². The van der Waals surface area contributed by atoms with Gasteiger partial charge in [-0.25, -0.2) is 10.4 Å². The van der Waals surface area contributed by atoms with Gasteiger partial charge in [0.2, 0.25) is 11.8 Å². The van der Waals surface area contributed by atoms with Crippen molar-refractivity contribution in [2.75, 3.05) is 20.2 Å². The molecule has 3 heterocycles. The monoisotopic (exact) mass is 432 g/mol. The normalized spacial score (nSPS) is 21.6. The molecule has 7 heteroatoms. The minimum absolute atomic E-state index is 0.0358. The summed E-state index contributed by atoms with van der Waals surface area (Å²) in [4.78, 5) is 18.7. The van der Waals surface area contributed by atoms with E-state index >= 15 is 0 Å². The Balaban J connectivity index is 1.33. The number of likely N-dealkylation sites (tertiary alicyclic amines) is 1. The highest BCUT2D eigenvalue weighted by molar-refractivity contribution is 6.07. The first-order chi connectivity index (χ1) is 15.6. The molecule has 2 aliphatic heterocycles. The molecule has 1 fully saturated rings. The summed E-state index contributed by atoms with van der Waals surface area (Å²) in [7, 11) is 2.15. The van der Waals surface area contributed by atoms with E-state index in [2.05, 4.69) is 34.4 Å². The largest absolute Gasteiger partial charge is 0.492 e. The van der Waals surface area contributed by atoms with Gasteiger partial charge >= 0.3 is 0 Å². The maximum absolute atomic E-state index is 11.7. The number of hydrogen-bond donors (Lipinski definition) is 1. The molecular formula is C25H28N4O3. The van der Waals surface area contributed by atoms with Crippen molar-refractivity contribution in [2.24, 2.45) is 11.0 Å². The molecule has 0 aliphatic carbocycles. The fourth-order valence-corrected chi connectivity index (χ4v) is 4.50. The van der Waals surface area contributed by atoms with Crippen molar-refractivity contribution in [3.05, 3.63) is 48.0 Å². The van der Waals surface area contributed by atoms with Crippen molar-refractivity contribution in [1.82, 2.24) is 15.3 Å². The number of hydrogen-bond acceptors (Lipinski definition) is 6. The number of ether oxygens (including phenoxy) is 1. The van der Waals surface area contributed by atoms with Crippen LogP contribution in [0.5, 0.6) is 5.75 Å². The van der Waals surface area contributed by atoms with Crippen LogP contribution < -0.4 is 10.2 Å². The van der Waals surface area contributed by atoms with E-state index in [1.807, 2.05) is 42.5 Å². The lowest BCUT2D eigenvalue weighted by atomic mass is 9.90. The maximum Gasteiger partial charge on any atom is 0.240 e. The van der Waals surface area contributed by atoms with E-state index < -0.39 is 0 Å². The average Bonchev–Trinajstić information content (AvgIpc) is 3.43. The smallest absolute Gasteiger partial charge is 0.240 e. The zero-order valence-corrected chi connectivity index (χ0v) is 18.5. The molecule has 0 radical (unpaired) electrons. The molecule has 1 aromatic heterocycles. The molecule has 0 spiro atoms. The van der Waals surface area contributed by atoms with Gasteiger partial charge < -0.3 is 14.1 Å². The predicted molar refractivity (Wildman–Crippen MR) is 124 cm³/mol. The first kappa shape index (κ1) is 20.7. The quantitative estimate of drug-likeness (QED) is 0.631. The van der Waals surface area contributed by atoms with E-state index in [9.17, 15) is 4.79 Å². The van der Waals surface area contributed by atoms with Gasteiger partial charge in [-0.2, -0.15) is 5.10 Å². The van der Waals surface area contributed by atoms with Crippen LogP contribution in [0.25, 0.3) is 22.6 Å². The highest BCUT2D eigenvalue weighted by atomic mass is 16.5. The molecule has 2 aromatic carbocycles. The first-order valence-corrected chi connectivity index (χ1v) is 11.3. The molecule has 32 heavy (non-hydrogen) atoms. The van der Waals surface area contributed by atoms with Crippen molar-refractivity contribution in [2.45, 2.75) is 38.6 Å². The van der Waals surface area contributed by atoms with Gasteiger partial charge in [0.15, 0.2) is 5.58 Å². The first-order valence-electron chi connectivity index (χ1n) is 11.3. The molecule has 0 bridgehead atoms. The van der Waals surface area contributed by atoms with E-state index in [1.165, 1.54) is 12.8 Å². The molecule has 7 nitrogen and oxygen atoms in total. The second-order valence-corrected chi connectivity index (χ2v) is 8.65. The van der Waals surface area contributed by atoms with Gasteiger partial charge in [0.1, 0.15) is 17.9 Å². The molecule has 1 N–H and O–H groups in total. The van der Waals surface area contributed by atoms with Gasteiger partial charge in [-0.3, -0.25) is 4.79 Å². The van der Waals surface area contributed by atoms with E-state index in [0.29, 0.717) is 30.5 Å². The molecule has 3 aromatic rings. The molecule has 1 amide bonds. The number of rotatable bonds is 6. The van der Waals surface area contributed by atoms with E-state index in [-0.39, 0.29) is 11.8 Å². The van der Waals surface area contributed by atoms with Crippen LogP contribution in [0.15, 0.2) is 52.0 Å². The predicted octanol–water partition coefficient (Wildman–Crippen LogP) is 4.22. The number of nitrogens with one attached hydrogen (secondary N) is 1. The highest BCUT2D eigenvalue weighted by Gasteiger charge is 2.25. The number of hydrazone groups is 1. The van der Waals surface area contributed by atoms with Crippen molar-refractivity contribution in [3.63, 3.8) is 0 Å². The summed E-state index contributed by atoms with van der Waals surface area (Å²) >= 11 is 0. The second-order valence-electron chi connectivity index (χ2n) is 8.65. The Morgan fingerprint density at radius 1 is 1.19 bits per heavy atom. The molecule has 2 aliphatic rings. The van der Waals surface area contributed by atoms with Crippen molar-refractivity contribution < 1.29 is 13.9 Å². The van der Waals surface area contributed by atoms with Crippen LogP contribution in [-0.4, -0.2) is 47.7 Å². The van der Waals surface area contributed by atoms with E-state index in [1.54, 1.807) is 0 Å². The number of aromatic nitrogens is 1. The zero-order chi connectivity index (χ0) is 22.1. The molecule has 2 unspecified atom stereocenters. The van der Waals surface area contributed by atoms with Crippen LogP contribution in [0.1, 0.15) is 38.2 Å². The maximum atomic E-state index is 11.7. The number of nitrogens with zero attached hydrogens (tertiary/aromatic N) is 3. The van der Waals surface area contributed by atoms with Crippen LogP contribution in [0.4, 0.5) is 0 Å². The van der Waals surface area contributed by atoms with Crippen molar-refractivity contribution in [3.8, 4) is 17.2 Å². The Kier molecular flexibility index (Phi) is 5.66. The number of fused-ring (bicyclic) bond motifs is 1. The summed E-state index contributed by atoms with van der Waals surface area (Å²) in [6.07, 6.45) is 3.75. The lowest BCUT2D eigenvalue weighted by molar-refractivity contribution is -0.122. The number of oxazole rings is 1. The summed E-state index contributed by atoms with van der Waals surface area (Å²) in [6, 6.07) is 14.3. The molecule has 2 atom stereocenters. The van der Waals surface area contributed by atoms with E-state index in [0.717, 1.165) is 41.1 Å². The van der Waals surface area contributed by atoms with Crippen LogP contribution in [-0.2, 0) is 4.79 Å². The lowest BCUT2D eigenvalue weighted by Gasteiger charge is -2.21. The Labute approximate surface area is 187 Å². The van der Waals surface area contributed by atoms with Crippen LogP contribution in [0.3, 0.4) is 0 Å². The standard InChI is InChI=1S/C25H28N4O3/c1-3-16-14-23(30)27-28-24(16)18-8-11-21-22(13-18)32-25(26-21)17-6-9-20(10-7-17)31-15-19-5-4-12-29(19)2/h6-11,13,16,19H,3-5,12,14-15H2,1-2H3,(H,27,30). The Bertz CT molecular complexity index is 1150. The molecule has 5 rings (SSSR count). The third-order valence-corrected chi connectivity index (χ3v) is 6.51. The number of carbonyl (C=O) groups is 1. The number of benzene rings is 2. The topological polar surface area (TPSA) is 80.0 Å². The minimum atomic E-state index is -0.0358. The average molecular weight is 433 g/mol. The fourth-order valence-electron chi connectivity index (χ4n) is 4.50. The van der Waals surface area contributed by atoms with Gasteiger partial charge in [-0.05, 0) is 69.3 Å². The summed E-state index contributed by atoms with van der Waals surface area (Å²) in [5.41, 5.74) is 6.84. The number of amides is 1. The van der Waals surface area contributed by atoms with Crippen LogP contribution >= 0.6 is 0 Å². The van der Waals surface area contributed by atoms with E-state index in [4.69, 9.17) is 9.15 Å². The van der Waals surface area contributed by atoms with Crippen molar-refractivity contribution >= 4 is 22.7 Å².